The summed E-state index contributed by atoms with van der Waals surface area (Å²) in [6.07, 6.45) is 0.694. The number of hydrogen-bond donors (Lipinski definition) is 0. The van der Waals surface area contributed by atoms with E-state index in [4.69, 9.17) is 4.43 Å². The normalized spacial score (nSPS) is 14.3. The highest BCUT2D eigenvalue weighted by Crippen LogP contribution is 2.26. The van der Waals surface area contributed by atoms with E-state index in [1.807, 2.05) is 13.8 Å². The van der Waals surface area contributed by atoms with E-state index in [9.17, 15) is 4.79 Å². The summed E-state index contributed by atoms with van der Waals surface area (Å²) in [4.78, 5) is 11.9. The monoisotopic (exact) mass is 272 g/mol. The van der Waals surface area contributed by atoms with Gasteiger partial charge in [0.05, 0.1) is 6.10 Å². The second-order valence-corrected chi connectivity index (χ2v) is 10.6. The summed E-state index contributed by atoms with van der Waals surface area (Å²) < 4.78 is 6.37. The van der Waals surface area contributed by atoms with Gasteiger partial charge in [-0.2, -0.15) is 0 Å². The summed E-state index contributed by atoms with van der Waals surface area (Å²) in [6, 6.07) is 0. The Balaban J connectivity index is 4.65. The van der Waals surface area contributed by atoms with Crippen LogP contribution < -0.4 is 0 Å². The number of hydrogen-bond acceptors (Lipinski definition) is 2. The van der Waals surface area contributed by atoms with Crippen LogP contribution in [-0.2, 0) is 9.22 Å². The Morgan fingerprint density at radius 1 is 0.944 bits per heavy atom. The van der Waals surface area contributed by atoms with Crippen LogP contribution in [0.1, 0.15) is 61.8 Å². The third-order valence-electron chi connectivity index (χ3n) is 3.44. The maximum Gasteiger partial charge on any atom is 0.182 e. The molecule has 1 atom stereocenters. The molecule has 0 aromatic heterocycles. The highest BCUT2D eigenvalue weighted by molar-refractivity contribution is 6.55. The minimum absolute atomic E-state index is 0.112. The van der Waals surface area contributed by atoms with E-state index in [0.717, 1.165) is 0 Å². The Labute approximate surface area is 115 Å². The number of carbonyl (C=O) groups is 1. The molecule has 0 amide bonds. The molecule has 1 unspecified atom stereocenters. The Morgan fingerprint density at radius 3 is 1.67 bits per heavy atom. The first-order valence-electron chi connectivity index (χ1n) is 7.34. The van der Waals surface area contributed by atoms with Crippen molar-refractivity contribution in [1.29, 1.82) is 0 Å². The van der Waals surface area contributed by atoms with Crippen molar-refractivity contribution in [2.24, 2.45) is 11.8 Å². The minimum Gasteiger partial charge on any atom is -0.416 e. The largest absolute Gasteiger partial charge is 0.416 e. The quantitative estimate of drug-likeness (QED) is 0.619. The van der Waals surface area contributed by atoms with E-state index in [0.29, 0.717) is 29.2 Å². The van der Waals surface area contributed by atoms with Crippen molar-refractivity contribution in [3.05, 3.63) is 0 Å². The fraction of sp³-hybridized carbons (Fsp3) is 0.933. The smallest absolute Gasteiger partial charge is 0.182 e. The van der Waals surface area contributed by atoms with Crippen LogP contribution in [0.15, 0.2) is 0 Å². The van der Waals surface area contributed by atoms with Crippen molar-refractivity contribution in [2.45, 2.75) is 79.0 Å². The average Bonchev–Trinajstić information content (AvgIpc) is 2.21. The molecule has 0 spiro atoms. The molecule has 0 rings (SSSR count). The number of rotatable bonds is 8. The first-order valence-corrected chi connectivity index (χ1v) is 9.15. The lowest BCUT2D eigenvalue weighted by atomic mass is 9.97. The van der Waals surface area contributed by atoms with Crippen LogP contribution >= 0.6 is 0 Å². The van der Waals surface area contributed by atoms with Gasteiger partial charge in [0.25, 0.3) is 0 Å². The molecule has 108 valence electrons. The molecule has 0 saturated heterocycles. The van der Waals surface area contributed by atoms with Crippen molar-refractivity contribution in [3.8, 4) is 0 Å². The van der Waals surface area contributed by atoms with E-state index in [1.54, 1.807) is 0 Å². The second-order valence-electron chi connectivity index (χ2n) is 6.70. The molecule has 0 saturated carbocycles. The molecule has 0 radical (unpaired) electrons. The van der Waals surface area contributed by atoms with E-state index < -0.39 is 9.04 Å². The highest BCUT2D eigenvalue weighted by atomic mass is 28.3. The SMILES string of the molecule is CC(C)C(=O)CC(O[SiH](C(C)C)C(C)C)C(C)C. The van der Waals surface area contributed by atoms with Gasteiger partial charge in [0, 0.05) is 12.3 Å². The first-order chi connectivity index (χ1) is 8.16. The summed E-state index contributed by atoms with van der Waals surface area (Å²) in [7, 11) is -1.24. The zero-order valence-electron chi connectivity index (χ0n) is 13.5. The van der Waals surface area contributed by atoms with Gasteiger partial charge in [0.15, 0.2) is 9.04 Å². The van der Waals surface area contributed by atoms with E-state index >= 15 is 0 Å². The van der Waals surface area contributed by atoms with Crippen LogP contribution in [-0.4, -0.2) is 20.9 Å². The third-order valence-corrected chi connectivity index (χ3v) is 6.73. The first kappa shape index (κ1) is 17.8. The van der Waals surface area contributed by atoms with Crippen LogP contribution in [0.25, 0.3) is 0 Å². The Kier molecular flexibility index (Phi) is 8.04. The van der Waals surface area contributed by atoms with Gasteiger partial charge in [0.2, 0.25) is 0 Å². The predicted molar refractivity (Wildman–Crippen MR) is 81.5 cm³/mol. The Morgan fingerprint density at radius 2 is 1.39 bits per heavy atom. The van der Waals surface area contributed by atoms with Gasteiger partial charge in [0.1, 0.15) is 5.78 Å². The molecular weight excluding hydrogens is 240 g/mol. The standard InChI is InChI=1S/C15H32O2Si/c1-10(2)14(16)9-15(11(3)4)17-18(12(5)6)13(7)8/h10-13,15,18H,9H2,1-8H3. The summed E-state index contributed by atoms with van der Waals surface area (Å²) in [5.74, 6) is 0.863. The third kappa shape index (κ3) is 6.14. The molecule has 0 aliphatic rings. The van der Waals surface area contributed by atoms with Gasteiger partial charge >= 0.3 is 0 Å². The van der Waals surface area contributed by atoms with E-state index in [2.05, 4.69) is 41.5 Å². The maximum atomic E-state index is 11.9. The second kappa shape index (κ2) is 8.11. The Hall–Kier alpha value is -0.153. The van der Waals surface area contributed by atoms with Crippen LogP contribution in [0.3, 0.4) is 0 Å². The molecule has 0 heterocycles. The van der Waals surface area contributed by atoms with Crippen molar-refractivity contribution >= 4 is 14.8 Å². The molecule has 0 fully saturated rings. The van der Waals surface area contributed by atoms with Gasteiger partial charge in [-0.05, 0) is 17.0 Å². The number of carbonyl (C=O) groups excluding carboxylic acids is 1. The minimum atomic E-state index is -1.24. The van der Waals surface area contributed by atoms with Gasteiger partial charge in [-0.3, -0.25) is 4.79 Å². The number of ketones is 1. The molecule has 0 aliphatic heterocycles. The summed E-state index contributed by atoms with van der Waals surface area (Å²) >= 11 is 0. The molecule has 0 N–H and O–H groups in total. The Bertz CT molecular complexity index is 239. The van der Waals surface area contributed by atoms with Gasteiger partial charge < -0.3 is 4.43 Å². The summed E-state index contributed by atoms with van der Waals surface area (Å²) in [5.41, 5.74) is 1.25. The molecule has 0 bridgehead atoms. The molecular formula is C15H32O2Si. The molecule has 0 aliphatic carbocycles. The molecule has 2 nitrogen and oxygen atoms in total. The van der Waals surface area contributed by atoms with Crippen molar-refractivity contribution < 1.29 is 9.22 Å². The zero-order chi connectivity index (χ0) is 14.5. The van der Waals surface area contributed by atoms with Crippen LogP contribution in [0.4, 0.5) is 0 Å². The number of Topliss-reactive ketones (excluding diaryl/α,β-unsaturated/α-hetero) is 1. The average molecular weight is 273 g/mol. The fourth-order valence-electron chi connectivity index (χ4n) is 2.16. The topological polar surface area (TPSA) is 26.3 Å². The van der Waals surface area contributed by atoms with Gasteiger partial charge in [-0.1, -0.05) is 55.4 Å². The molecule has 18 heavy (non-hydrogen) atoms. The molecule has 3 heteroatoms. The lowest BCUT2D eigenvalue weighted by molar-refractivity contribution is -0.124. The predicted octanol–water partition coefficient (Wildman–Crippen LogP) is 4.19. The molecule has 0 aromatic carbocycles. The van der Waals surface area contributed by atoms with Crippen LogP contribution in [0.5, 0.6) is 0 Å². The van der Waals surface area contributed by atoms with Crippen LogP contribution in [0, 0.1) is 11.8 Å². The highest BCUT2D eigenvalue weighted by Gasteiger charge is 2.28. The van der Waals surface area contributed by atoms with Crippen molar-refractivity contribution in [1.82, 2.24) is 0 Å². The van der Waals surface area contributed by atoms with E-state index in [1.165, 1.54) is 0 Å². The van der Waals surface area contributed by atoms with Gasteiger partial charge in [-0.15, -0.1) is 0 Å². The van der Waals surface area contributed by atoms with Crippen molar-refractivity contribution in [3.63, 3.8) is 0 Å². The molecule has 0 aromatic rings. The van der Waals surface area contributed by atoms with Crippen LogP contribution in [0.2, 0.25) is 11.1 Å². The lowest BCUT2D eigenvalue weighted by Crippen LogP contribution is -2.35. The summed E-state index contributed by atoms with van der Waals surface area (Å²) in [5, 5.41) is 0. The lowest BCUT2D eigenvalue weighted by Gasteiger charge is -2.31. The maximum absolute atomic E-state index is 11.9. The summed E-state index contributed by atoms with van der Waals surface area (Å²) in [6.45, 7) is 17.3. The van der Waals surface area contributed by atoms with E-state index in [-0.39, 0.29) is 12.0 Å². The fourth-order valence-corrected chi connectivity index (χ4v) is 5.14. The van der Waals surface area contributed by atoms with Crippen molar-refractivity contribution in [2.75, 3.05) is 0 Å². The van der Waals surface area contributed by atoms with Gasteiger partial charge in [-0.25, -0.2) is 0 Å². The zero-order valence-corrected chi connectivity index (χ0v) is 14.6.